The highest BCUT2D eigenvalue weighted by Crippen LogP contribution is 2.36. The number of aliphatic hydroxyl groups excluding tert-OH is 5. The molecule has 1 fully saturated rings. The number of aliphatic hydroxyl groups is 5. The summed E-state index contributed by atoms with van der Waals surface area (Å²) in [4.78, 5) is 24.2. The van der Waals surface area contributed by atoms with E-state index in [1.54, 1.807) is 0 Å². The quantitative estimate of drug-likeness (QED) is 0.281. The molecule has 11 nitrogen and oxygen atoms in total. The Kier molecular flexibility index (Phi) is 7.89. The van der Waals surface area contributed by atoms with Crippen LogP contribution >= 0.6 is 0 Å². The van der Waals surface area contributed by atoms with Gasteiger partial charge in [-0.2, -0.15) is 0 Å². The van der Waals surface area contributed by atoms with Crippen molar-refractivity contribution in [2.75, 3.05) is 20.3 Å². The normalized spacial score (nSPS) is 38.3. The number of carbonyl (C=O) groups excluding carboxylic acids is 2. The van der Waals surface area contributed by atoms with Crippen LogP contribution in [0.15, 0.2) is 11.8 Å². The molecule has 0 bridgehead atoms. The lowest BCUT2D eigenvalue weighted by Gasteiger charge is -2.43. The Balaban J connectivity index is 2.27. The highest BCUT2D eigenvalue weighted by atomic mass is 16.8. The van der Waals surface area contributed by atoms with E-state index in [1.165, 1.54) is 14.0 Å². The summed E-state index contributed by atoms with van der Waals surface area (Å²) in [6.45, 7) is 0.282. The van der Waals surface area contributed by atoms with Crippen LogP contribution in [0.3, 0.4) is 0 Å². The van der Waals surface area contributed by atoms with Crippen LogP contribution in [0.5, 0.6) is 0 Å². The topological polar surface area (TPSA) is 172 Å². The SMILES string of the molecule is COC(=O)C1=CO[C@@H](O[C@@H]2O[C@H](CO)[C@@H](O)[C@H](O)[C@H]2O)[C@H](C(C)=O)[C@H]1CCO. The summed E-state index contributed by atoms with van der Waals surface area (Å²) in [5.74, 6) is -2.96. The fourth-order valence-electron chi connectivity index (χ4n) is 3.39. The van der Waals surface area contributed by atoms with Gasteiger partial charge in [0.15, 0.2) is 6.29 Å². The van der Waals surface area contributed by atoms with Gasteiger partial charge in [0.05, 0.1) is 31.5 Å². The molecule has 0 aromatic rings. The third-order valence-electron chi connectivity index (χ3n) is 4.90. The number of ketones is 1. The van der Waals surface area contributed by atoms with E-state index in [4.69, 9.17) is 14.2 Å². The van der Waals surface area contributed by atoms with Gasteiger partial charge in [0.25, 0.3) is 0 Å². The summed E-state index contributed by atoms with van der Waals surface area (Å²) in [7, 11) is 1.17. The second kappa shape index (κ2) is 9.74. The first-order chi connectivity index (χ1) is 13.3. The molecule has 0 unspecified atom stereocenters. The van der Waals surface area contributed by atoms with Crippen molar-refractivity contribution in [3.63, 3.8) is 0 Å². The van der Waals surface area contributed by atoms with Gasteiger partial charge < -0.3 is 44.5 Å². The number of hydrogen-bond acceptors (Lipinski definition) is 11. The zero-order valence-electron chi connectivity index (χ0n) is 15.5. The Hall–Kier alpha value is -1.60. The monoisotopic (exact) mass is 406 g/mol. The Labute approximate surface area is 161 Å². The number of ether oxygens (including phenoxy) is 4. The van der Waals surface area contributed by atoms with E-state index >= 15 is 0 Å². The number of hydrogen-bond donors (Lipinski definition) is 5. The summed E-state index contributed by atoms with van der Waals surface area (Å²) in [6, 6.07) is 0. The van der Waals surface area contributed by atoms with E-state index in [9.17, 15) is 35.1 Å². The van der Waals surface area contributed by atoms with E-state index in [0.717, 1.165) is 6.26 Å². The smallest absolute Gasteiger partial charge is 0.337 e. The average Bonchev–Trinajstić information content (AvgIpc) is 2.67. The van der Waals surface area contributed by atoms with Gasteiger partial charge in [0.2, 0.25) is 6.29 Å². The lowest BCUT2D eigenvalue weighted by Crippen LogP contribution is -2.60. The molecule has 8 atom stereocenters. The van der Waals surface area contributed by atoms with Crippen molar-refractivity contribution in [1.82, 2.24) is 0 Å². The minimum absolute atomic E-state index is 0.0447. The molecule has 2 rings (SSSR count). The van der Waals surface area contributed by atoms with Gasteiger partial charge in [-0.05, 0) is 13.3 Å². The number of Topliss-reactive ketones (excluding diaryl/α,β-unsaturated/α-hetero) is 1. The van der Waals surface area contributed by atoms with Crippen LogP contribution in [0.4, 0.5) is 0 Å². The predicted octanol–water partition coefficient (Wildman–Crippen LogP) is -2.58. The molecule has 2 aliphatic rings. The molecule has 1 saturated heterocycles. The standard InChI is InChI=1S/C17H26O11/c1-7(20)11-8(3-4-18)9(15(24)25-2)6-26-16(11)28-17-14(23)13(22)12(21)10(5-19)27-17/h6,8,10-14,16-19,21-23H,3-5H2,1-2H3/t8-,10+,11+,12+,13-,14+,16-,17-/m0/s1. The van der Waals surface area contributed by atoms with Crippen molar-refractivity contribution < 1.29 is 54.1 Å². The van der Waals surface area contributed by atoms with Crippen LogP contribution in [0.25, 0.3) is 0 Å². The minimum Gasteiger partial charge on any atom is -0.471 e. The molecule has 28 heavy (non-hydrogen) atoms. The predicted molar refractivity (Wildman–Crippen MR) is 89.2 cm³/mol. The fourth-order valence-corrected chi connectivity index (χ4v) is 3.39. The molecule has 0 aromatic heterocycles. The molecule has 0 aromatic carbocycles. The van der Waals surface area contributed by atoms with E-state index in [2.05, 4.69) is 4.74 Å². The summed E-state index contributed by atoms with van der Waals surface area (Å²) in [5.41, 5.74) is 0.0467. The summed E-state index contributed by atoms with van der Waals surface area (Å²) < 4.78 is 20.8. The van der Waals surface area contributed by atoms with Gasteiger partial charge >= 0.3 is 5.97 Å². The number of rotatable bonds is 7. The second-order valence-electron chi connectivity index (χ2n) is 6.66. The molecular weight excluding hydrogens is 380 g/mol. The Morgan fingerprint density at radius 2 is 1.79 bits per heavy atom. The molecule has 11 heteroatoms. The zero-order valence-corrected chi connectivity index (χ0v) is 15.5. The zero-order chi connectivity index (χ0) is 21.0. The van der Waals surface area contributed by atoms with Gasteiger partial charge in [-0.3, -0.25) is 4.79 Å². The molecule has 0 radical (unpaired) electrons. The molecule has 2 aliphatic heterocycles. The maximum Gasteiger partial charge on any atom is 0.337 e. The van der Waals surface area contributed by atoms with E-state index < -0.39 is 67.2 Å². The van der Waals surface area contributed by atoms with Gasteiger partial charge in [0, 0.05) is 12.5 Å². The first-order valence-corrected chi connectivity index (χ1v) is 8.77. The number of carbonyl (C=O) groups is 2. The summed E-state index contributed by atoms with van der Waals surface area (Å²) >= 11 is 0. The van der Waals surface area contributed by atoms with Crippen molar-refractivity contribution in [2.24, 2.45) is 11.8 Å². The van der Waals surface area contributed by atoms with Crippen molar-refractivity contribution >= 4 is 11.8 Å². The van der Waals surface area contributed by atoms with Gasteiger partial charge in [-0.25, -0.2) is 4.79 Å². The van der Waals surface area contributed by atoms with Crippen LogP contribution < -0.4 is 0 Å². The first-order valence-electron chi connectivity index (χ1n) is 8.77. The van der Waals surface area contributed by atoms with Crippen LogP contribution in [0.1, 0.15) is 13.3 Å². The van der Waals surface area contributed by atoms with Crippen molar-refractivity contribution in [3.05, 3.63) is 11.8 Å². The third-order valence-corrected chi connectivity index (χ3v) is 4.90. The molecule has 5 N–H and O–H groups in total. The van der Waals surface area contributed by atoms with E-state index in [1.807, 2.05) is 0 Å². The highest BCUT2D eigenvalue weighted by molar-refractivity contribution is 5.91. The highest BCUT2D eigenvalue weighted by Gasteiger charge is 2.49. The molecule has 0 spiro atoms. The number of esters is 1. The molecule has 0 amide bonds. The van der Waals surface area contributed by atoms with Crippen molar-refractivity contribution in [1.29, 1.82) is 0 Å². The minimum atomic E-state index is -1.68. The first kappa shape index (κ1) is 22.7. The van der Waals surface area contributed by atoms with E-state index in [0.29, 0.717) is 0 Å². The van der Waals surface area contributed by atoms with Gasteiger partial charge in [-0.1, -0.05) is 0 Å². The van der Waals surface area contributed by atoms with Crippen molar-refractivity contribution in [2.45, 2.75) is 50.3 Å². The Morgan fingerprint density at radius 3 is 2.32 bits per heavy atom. The second-order valence-corrected chi connectivity index (χ2v) is 6.66. The number of methoxy groups -OCH3 is 1. The lowest BCUT2D eigenvalue weighted by molar-refractivity contribution is -0.339. The van der Waals surface area contributed by atoms with E-state index in [-0.39, 0.29) is 18.6 Å². The maximum atomic E-state index is 12.3. The van der Waals surface area contributed by atoms with Crippen LogP contribution in [-0.2, 0) is 28.5 Å². The molecule has 160 valence electrons. The van der Waals surface area contributed by atoms with Gasteiger partial charge in [-0.15, -0.1) is 0 Å². The van der Waals surface area contributed by atoms with Crippen molar-refractivity contribution in [3.8, 4) is 0 Å². The Morgan fingerprint density at radius 1 is 1.11 bits per heavy atom. The lowest BCUT2D eigenvalue weighted by atomic mass is 9.79. The van der Waals surface area contributed by atoms with Gasteiger partial charge in [0.1, 0.15) is 30.2 Å². The molecule has 0 saturated carbocycles. The summed E-state index contributed by atoms with van der Waals surface area (Å²) in [5, 5.41) is 48.4. The molecule has 2 heterocycles. The fraction of sp³-hybridized carbons (Fsp3) is 0.765. The molecular formula is C17H26O11. The van der Waals surface area contributed by atoms with Crippen LogP contribution in [-0.4, -0.2) is 94.6 Å². The van der Waals surface area contributed by atoms with Crippen LogP contribution in [0.2, 0.25) is 0 Å². The third kappa shape index (κ3) is 4.51. The van der Waals surface area contributed by atoms with Crippen LogP contribution in [0, 0.1) is 11.8 Å². The maximum absolute atomic E-state index is 12.3. The largest absolute Gasteiger partial charge is 0.471 e. The molecule has 0 aliphatic carbocycles. The average molecular weight is 406 g/mol. The summed E-state index contributed by atoms with van der Waals surface area (Å²) in [6.07, 6.45) is -7.85. The Bertz CT molecular complexity index is 590.